The van der Waals surface area contributed by atoms with Crippen LogP contribution in [0.3, 0.4) is 0 Å². The first kappa shape index (κ1) is 28.9. The van der Waals surface area contributed by atoms with Crippen LogP contribution in [0.2, 0.25) is 0 Å². The zero-order chi connectivity index (χ0) is 29.6. The van der Waals surface area contributed by atoms with Crippen LogP contribution < -0.4 is 15.0 Å². The average molecular weight is 564 g/mol. The SMILES string of the molecule is COc1cccc(CN(C(=O)CCCN2C(=O)c3cccc4cccc2c34)[C@@H](Cc2ccccc2)C(=O)NC(C)C)c1. The van der Waals surface area contributed by atoms with E-state index in [2.05, 4.69) is 5.32 Å². The molecule has 0 unspecified atom stereocenters. The Bertz CT molecular complexity index is 1580. The van der Waals surface area contributed by atoms with Crippen molar-refractivity contribution in [1.82, 2.24) is 10.2 Å². The number of carbonyl (C=O) groups is 3. The number of rotatable bonds is 12. The summed E-state index contributed by atoms with van der Waals surface area (Å²) >= 11 is 0. The van der Waals surface area contributed by atoms with Crippen LogP contribution in [0.25, 0.3) is 10.8 Å². The van der Waals surface area contributed by atoms with E-state index in [0.717, 1.165) is 27.6 Å². The maximum atomic E-state index is 14.0. The van der Waals surface area contributed by atoms with Crippen molar-refractivity contribution in [2.24, 2.45) is 0 Å². The number of ether oxygens (including phenoxy) is 1. The van der Waals surface area contributed by atoms with Gasteiger partial charge in [0, 0.05) is 42.9 Å². The van der Waals surface area contributed by atoms with Gasteiger partial charge in [-0.15, -0.1) is 0 Å². The lowest BCUT2D eigenvalue weighted by Crippen LogP contribution is -2.51. The summed E-state index contributed by atoms with van der Waals surface area (Å²) in [6.07, 6.45) is 1.05. The molecule has 0 fully saturated rings. The van der Waals surface area contributed by atoms with Gasteiger partial charge >= 0.3 is 0 Å². The minimum Gasteiger partial charge on any atom is -0.497 e. The van der Waals surface area contributed by atoms with Crippen molar-refractivity contribution in [1.29, 1.82) is 0 Å². The number of anilines is 1. The second-order valence-corrected chi connectivity index (χ2v) is 11.0. The monoisotopic (exact) mass is 563 g/mol. The van der Waals surface area contributed by atoms with Gasteiger partial charge in [-0.1, -0.05) is 66.7 Å². The van der Waals surface area contributed by atoms with E-state index >= 15 is 0 Å². The summed E-state index contributed by atoms with van der Waals surface area (Å²) in [4.78, 5) is 44.3. The van der Waals surface area contributed by atoms with E-state index in [1.165, 1.54) is 0 Å². The van der Waals surface area contributed by atoms with E-state index in [9.17, 15) is 14.4 Å². The molecule has 1 aliphatic rings. The molecule has 1 atom stereocenters. The largest absolute Gasteiger partial charge is 0.497 e. The molecule has 0 saturated carbocycles. The molecular weight excluding hydrogens is 526 g/mol. The van der Waals surface area contributed by atoms with E-state index < -0.39 is 6.04 Å². The zero-order valence-electron chi connectivity index (χ0n) is 24.4. The highest BCUT2D eigenvalue weighted by Crippen LogP contribution is 2.37. The van der Waals surface area contributed by atoms with Gasteiger partial charge in [-0.2, -0.15) is 0 Å². The number of nitrogens with one attached hydrogen (secondary N) is 1. The van der Waals surface area contributed by atoms with Gasteiger partial charge in [-0.3, -0.25) is 14.4 Å². The molecule has 1 N–H and O–H groups in total. The molecule has 7 nitrogen and oxygen atoms in total. The van der Waals surface area contributed by atoms with Gasteiger partial charge in [0.25, 0.3) is 5.91 Å². The number of hydrogen-bond acceptors (Lipinski definition) is 4. The molecule has 7 heteroatoms. The third-order valence-corrected chi connectivity index (χ3v) is 7.61. The first-order valence-electron chi connectivity index (χ1n) is 14.5. The molecule has 0 saturated heterocycles. The molecule has 42 heavy (non-hydrogen) atoms. The summed E-state index contributed by atoms with van der Waals surface area (Å²) in [7, 11) is 1.61. The predicted molar refractivity (Wildman–Crippen MR) is 166 cm³/mol. The fourth-order valence-electron chi connectivity index (χ4n) is 5.64. The van der Waals surface area contributed by atoms with Crippen LogP contribution in [0.4, 0.5) is 5.69 Å². The third kappa shape index (κ3) is 6.30. The fraction of sp³-hybridized carbons (Fsp3) is 0.286. The van der Waals surface area contributed by atoms with Gasteiger partial charge in [0.2, 0.25) is 11.8 Å². The molecular formula is C35H37N3O4. The summed E-state index contributed by atoms with van der Waals surface area (Å²) in [5, 5.41) is 5.02. The molecule has 1 heterocycles. The summed E-state index contributed by atoms with van der Waals surface area (Å²) in [6, 6.07) is 28.2. The van der Waals surface area contributed by atoms with Crippen LogP contribution in [0.5, 0.6) is 5.75 Å². The van der Waals surface area contributed by atoms with Crippen molar-refractivity contribution >= 4 is 34.2 Å². The fourth-order valence-corrected chi connectivity index (χ4v) is 5.64. The van der Waals surface area contributed by atoms with E-state index in [1.54, 1.807) is 16.9 Å². The van der Waals surface area contributed by atoms with Crippen molar-refractivity contribution in [3.05, 3.63) is 108 Å². The van der Waals surface area contributed by atoms with Crippen molar-refractivity contribution in [2.45, 2.75) is 51.7 Å². The summed E-state index contributed by atoms with van der Waals surface area (Å²) in [5.74, 6) is 0.315. The van der Waals surface area contributed by atoms with Gasteiger partial charge in [0.1, 0.15) is 11.8 Å². The van der Waals surface area contributed by atoms with Crippen LogP contribution in [-0.2, 0) is 22.6 Å². The molecule has 0 aromatic heterocycles. The van der Waals surface area contributed by atoms with Gasteiger partial charge in [-0.25, -0.2) is 0 Å². The Labute approximate surface area is 247 Å². The Balaban J connectivity index is 1.38. The van der Waals surface area contributed by atoms with Crippen LogP contribution >= 0.6 is 0 Å². The lowest BCUT2D eigenvalue weighted by molar-refractivity contribution is -0.141. The van der Waals surface area contributed by atoms with Gasteiger partial charge < -0.3 is 19.9 Å². The maximum Gasteiger partial charge on any atom is 0.258 e. The van der Waals surface area contributed by atoms with Crippen LogP contribution in [0.1, 0.15) is 48.2 Å². The van der Waals surface area contributed by atoms with E-state index in [1.807, 2.05) is 105 Å². The van der Waals surface area contributed by atoms with Crippen molar-refractivity contribution in [3.63, 3.8) is 0 Å². The number of methoxy groups -OCH3 is 1. The third-order valence-electron chi connectivity index (χ3n) is 7.61. The predicted octanol–water partition coefficient (Wildman–Crippen LogP) is 5.75. The Morgan fingerprint density at radius 2 is 1.62 bits per heavy atom. The second-order valence-electron chi connectivity index (χ2n) is 11.0. The smallest absolute Gasteiger partial charge is 0.258 e. The molecule has 5 rings (SSSR count). The Kier molecular flexibility index (Phi) is 8.86. The summed E-state index contributed by atoms with van der Waals surface area (Å²) in [6.45, 7) is 4.49. The van der Waals surface area contributed by atoms with Gasteiger partial charge in [0.15, 0.2) is 0 Å². The van der Waals surface area contributed by atoms with Crippen LogP contribution in [0.15, 0.2) is 91.0 Å². The highest BCUT2D eigenvalue weighted by atomic mass is 16.5. The Morgan fingerprint density at radius 3 is 2.36 bits per heavy atom. The number of hydrogen-bond donors (Lipinski definition) is 1. The van der Waals surface area contributed by atoms with Gasteiger partial charge in [0.05, 0.1) is 12.8 Å². The lowest BCUT2D eigenvalue weighted by atomic mass is 10.0. The van der Waals surface area contributed by atoms with E-state index in [-0.39, 0.29) is 36.7 Å². The van der Waals surface area contributed by atoms with E-state index in [0.29, 0.717) is 30.7 Å². The number of benzene rings is 4. The van der Waals surface area contributed by atoms with Crippen molar-refractivity contribution in [3.8, 4) is 5.75 Å². The normalized spacial score (nSPS) is 13.0. The topological polar surface area (TPSA) is 79.0 Å². The lowest BCUT2D eigenvalue weighted by Gasteiger charge is -2.32. The van der Waals surface area contributed by atoms with E-state index in [4.69, 9.17) is 4.74 Å². The molecule has 0 bridgehead atoms. The first-order chi connectivity index (χ1) is 20.4. The van der Waals surface area contributed by atoms with Gasteiger partial charge in [-0.05, 0) is 61.0 Å². The molecule has 216 valence electrons. The number of amides is 3. The second kappa shape index (κ2) is 12.9. The summed E-state index contributed by atoms with van der Waals surface area (Å²) in [5.41, 5.74) is 3.42. The Hall–Kier alpha value is -4.65. The molecule has 4 aromatic carbocycles. The van der Waals surface area contributed by atoms with Crippen molar-refractivity contribution in [2.75, 3.05) is 18.6 Å². The zero-order valence-corrected chi connectivity index (χ0v) is 24.4. The molecule has 3 amide bonds. The minimum absolute atomic E-state index is 0.0410. The first-order valence-corrected chi connectivity index (χ1v) is 14.5. The average Bonchev–Trinajstić information content (AvgIpc) is 3.27. The highest BCUT2D eigenvalue weighted by molar-refractivity contribution is 6.25. The molecule has 0 aliphatic carbocycles. The maximum absolute atomic E-state index is 14.0. The standard InChI is InChI=1S/C35H37N3O4/c1-24(2)36-34(40)31(22-25-11-5-4-6-12-25)38(23-26-13-7-16-28(21-26)42-3)32(39)19-10-20-37-30-18-9-15-27-14-8-17-29(33(27)30)35(37)41/h4-9,11-18,21,24,31H,10,19-20,22-23H2,1-3H3,(H,36,40)/t31-/m0/s1. The minimum atomic E-state index is -0.708. The molecule has 0 radical (unpaired) electrons. The quantitative estimate of drug-likeness (QED) is 0.238. The Morgan fingerprint density at radius 1 is 0.905 bits per heavy atom. The molecule has 1 aliphatic heterocycles. The molecule has 0 spiro atoms. The molecule has 4 aromatic rings. The number of nitrogens with zero attached hydrogens (tertiary/aromatic N) is 2. The van der Waals surface area contributed by atoms with Crippen LogP contribution in [-0.4, -0.2) is 48.4 Å². The van der Waals surface area contributed by atoms with Crippen molar-refractivity contribution < 1.29 is 19.1 Å². The summed E-state index contributed by atoms with van der Waals surface area (Å²) < 4.78 is 5.42. The highest BCUT2D eigenvalue weighted by Gasteiger charge is 2.32. The van der Waals surface area contributed by atoms with Crippen LogP contribution in [0, 0.1) is 0 Å². The number of carbonyl (C=O) groups excluding carboxylic acids is 3.